The van der Waals surface area contributed by atoms with E-state index in [0.29, 0.717) is 0 Å². The van der Waals surface area contributed by atoms with Crippen molar-refractivity contribution in [1.29, 1.82) is 0 Å². The molecule has 1 heterocycles. The molecule has 1 fully saturated rings. The van der Waals surface area contributed by atoms with Crippen molar-refractivity contribution in [2.75, 3.05) is 0 Å². The minimum atomic E-state index is -4.62. The lowest BCUT2D eigenvalue weighted by molar-refractivity contribution is -0.160. The predicted molar refractivity (Wildman–Crippen MR) is 55.4 cm³/mol. The highest BCUT2D eigenvalue weighted by Crippen LogP contribution is 2.49. The number of halogens is 4. The van der Waals surface area contributed by atoms with E-state index >= 15 is 0 Å². The number of aromatic nitrogens is 2. The highest BCUT2D eigenvalue weighted by Gasteiger charge is 2.65. The van der Waals surface area contributed by atoms with E-state index in [1.807, 2.05) is 0 Å². The van der Waals surface area contributed by atoms with Crippen molar-refractivity contribution in [2.24, 2.45) is 0 Å². The average molecular weight is 302 g/mol. The van der Waals surface area contributed by atoms with Crippen LogP contribution in [0.1, 0.15) is 12.8 Å². The second-order valence-corrected chi connectivity index (χ2v) is 5.89. The number of hydrogen-bond acceptors (Lipinski definition) is 4. The largest absolute Gasteiger partial charge is 0.407 e. The number of alkyl halides is 3. The summed E-state index contributed by atoms with van der Waals surface area (Å²) in [5.74, 6) is 0. The summed E-state index contributed by atoms with van der Waals surface area (Å²) in [6.07, 6.45) is -3.46. The summed E-state index contributed by atoms with van der Waals surface area (Å²) in [6.45, 7) is 0. The molecule has 0 atom stereocenters. The van der Waals surface area contributed by atoms with Crippen molar-refractivity contribution in [3.05, 3.63) is 17.7 Å². The Hall–Kier alpha value is -0.930. The van der Waals surface area contributed by atoms with E-state index in [1.165, 1.54) is 0 Å². The molecule has 5 nitrogen and oxygen atoms in total. The maximum atomic E-state index is 12.6. The molecule has 100 valence electrons. The van der Waals surface area contributed by atoms with Gasteiger partial charge in [-0.05, 0) is 24.4 Å². The summed E-state index contributed by atoms with van der Waals surface area (Å²) in [5, 5.41) is -0.189. The third-order valence-corrected chi connectivity index (χ3v) is 4.22. The Morgan fingerprint density at radius 2 is 1.78 bits per heavy atom. The fourth-order valence-corrected chi connectivity index (χ4v) is 2.76. The zero-order valence-corrected chi connectivity index (χ0v) is 10.3. The van der Waals surface area contributed by atoms with E-state index in [0.717, 1.165) is 12.4 Å². The van der Waals surface area contributed by atoms with Gasteiger partial charge in [0.15, 0.2) is 0 Å². The quantitative estimate of drug-likeness (QED) is 0.859. The number of sulfonamides is 1. The Balaban J connectivity index is 2.26. The van der Waals surface area contributed by atoms with E-state index in [1.54, 1.807) is 4.72 Å². The summed E-state index contributed by atoms with van der Waals surface area (Å²) < 4.78 is 62.9. The lowest BCUT2D eigenvalue weighted by Crippen LogP contribution is -2.47. The Bertz CT molecular complexity index is 554. The Morgan fingerprint density at radius 1 is 1.28 bits per heavy atom. The third kappa shape index (κ3) is 2.43. The molecule has 0 aromatic carbocycles. The second-order valence-electron chi connectivity index (χ2n) is 3.87. The molecule has 18 heavy (non-hydrogen) atoms. The van der Waals surface area contributed by atoms with Crippen molar-refractivity contribution >= 4 is 21.6 Å². The summed E-state index contributed by atoms with van der Waals surface area (Å²) in [6, 6.07) is 0. The maximum Gasteiger partial charge on any atom is 0.407 e. The molecule has 1 aromatic rings. The van der Waals surface area contributed by atoms with Crippen LogP contribution in [0.15, 0.2) is 17.3 Å². The molecule has 1 saturated carbocycles. The lowest BCUT2D eigenvalue weighted by atomic mass is 10.3. The number of rotatable bonds is 3. The van der Waals surface area contributed by atoms with Crippen molar-refractivity contribution in [2.45, 2.75) is 29.5 Å². The second kappa shape index (κ2) is 4.04. The molecule has 0 saturated heterocycles. The summed E-state index contributed by atoms with van der Waals surface area (Å²) >= 11 is 5.36. The minimum absolute atomic E-state index is 0.189. The fraction of sp³-hybridized carbons (Fsp3) is 0.500. The molecule has 1 aliphatic rings. The van der Waals surface area contributed by atoms with E-state index in [2.05, 4.69) is 9.97 Å². The first-order valence-corrected chi connectivity index (χ1v) is 6.61. The molecular weight excluding hydrogens is 295 g/mol. The molecule has 10 heteroatoms. The Labute approximate surface area is 105 Å². The minimum Gasteiger partial charge on any atom is -0.225 e. The number of nitrogens with one attached hydrogen (secondary N) is 1. The number of hydrogen-bond donors (Lipinski definition) is 1. The van der Waals surface area contributed by atoms with Gasteiger partial charge in [-0.1, -0.05) is 0 Å². The molecule has 1 aromatic heterocycles. The Kier molecular flexibility index (Phi) is 3.03. The van der Waals surface area contributed by atoms with Crippen molar-refractivity contribution < 1.29 is 21.6 Å². The van der Waals surface area contributed by atoms with Crippen LogP contribution in [-0.2, 0) is 10.0 Å². The van der Waals surface area contributed by atoms with Crippen LogP contribution in [0, 0.1) is 0 Å². The highest BCUT2D eigenvalue weighted by molar-refractivity contribution is 7.89. The fourth-order valence-electron chi connectivity index (χ4n) is 1.32. The van der Waals surface area contributed by atoms with Crippen LogP contribution in [0.3, 0.4) is 0 Å². The molecule has 0 spiro atoms. The van der Waals surface area contributed by atoms with Gasteiger partial charge in [0, 0.05) is 0 Å². The predicted octanol–water partition coefficient (Wildman–Crippen LogP) is 1.50. The van der Waals surface area contributed by atoms with Gasteiger partial charge in [-0.3, -0.25) is 0 Å². The number of nitrogens with zero attached hydrogens (tertiary/aromatic N) is 2. The summed E-state index contributed by atoms with van der Waals surface area (Å²) in [7, 11) is -4.31. The molecule has 0 aliphatic heterocycles. The molecule has 1 aliphatic carbocycles. The van der Waals surface area contributed by atoms with Gasteiger partial charge in [0.05, 0.1) is 12.4 Å². The summed E-state index contributed by atoms with van der Waals surface area (Å²) in [4.78, 5) is 6.37. The zero-order chi connectivity index (χ0) is 13.6. The monoisotopic (exact) mass is 301 g/mol. The van der Waals surface area contributed by atoms with Crippen LogP contribution in [0.5, 0.6) is 0 Å². The smallest absolute Gasteiger partial charge is 0.225 e. The molecule has 1 N–H and O–H groups in total. The van der Waals surface area contributed by atoms with Gasteiger partial charge in [0.1, 0.15) is 10.4 Å². The first-order chi connectivity index (χ1) is 8.16. The third-order valence-electron chi connectivity index (χ3n) is 2.53. The van der Waals surface area contributed by atoms with Gasteiger partial charge in [0.25, 0.3) is 0 Å². The Morgan fingerprint density at radius 3 is 2.17 bits per heavy atom. The highest BCUT2D eigenvalue weighted by atomic mass is 35.5. The van der Waals surface area contributed by atoms with Crippen LogP contribution in [0.25, 0.3) is 0 Å². The average Bonchev–Trinajstić information content (AvgIpc) is 2.97. The van der Waals surface area contributed by atoms with E-state index in [4.69, 9.17) is 11.6 Å². The normalized spacial score (nSPS) is 18.7. The molecule has 0 radical (unpaired) electrons. The van der Waals surface area contributed by atoms with Crippen molar-refractivity contribution in [3.8, 4) is 0 Å². The van der Waals surface area contributed by atoms with Crippen molar-refractivity contribution in [1.82, 2.24) is 14.7 Å². The zero-order valence-electron chi connectivity index (χ0n) is 8.70. The first-order valence-electron chi connectivity index (χ1n) is 4.75. The lowest BCUT2D eigenvalue weighted by Gasteiger charge is -2.20. The van der Waals surface area contributed by atoms with Crippen LogP contribution in [0.2, 0.25) is 5.28 Å². The maximum absolute atomic E-state index is 12.6. The van der Waals surface area contributed by atoms with Crippen LogP contribution in [0.4, 0.5) is 13.2 Å². The molecular formula is C8H7ClF3N3O2S. The van der Waals surface area contributed by atoms with E-state index in [-0.39, 0.29) is 18.1 Å². The molecule has 0 amide bonds. The van der Waals surface area contributed by atoms with Gasteiger partial charge in [-0.15, -0.1) is 0 Å². The van der Waals surface area contributed by atoms with Gasteiger partial charge in [-0.2, -0.15) is 17.9 Å². The SMILES string of the molecule is O=S(=O)(NC1(C(F)(F)F)CC1)c1cnc(Cl)nc1. The van der Waals surface area contributed by atoms with Gasteiger partial charge in [-0.25, -0.2) is 18.4 Å². The van der Waals surface area contributed by atoms with E-state index < -0.39 is 26.6 Å². The van der Waals surface area contributed by atoms with Gasteiger partial charge < -0.3 is 0 Å². The van der Waals surface area contributed by atoms with Gasteiger partial charge >= 0.3 is 6.18 Å². The topological polar surface area (TPSA) is 72.0 Å². The van der Waals surface area contributed by atoms with Crippen LogP contribution >= 0.6 is 11.6 Å². The van der Waals surface area contributed by atoms with Crippen LogP contribution in [-0.4, -0.2) is 30.1 Å². The summed E-state index contributed by atoms with van der Waals surface area (Å²) in [5.41, 5.74) is -2.36. The first kappa shape index (κ1) is 13.5. The molecule has 0 unspecified atom stereocenters. The molecule has 2 rings (SSSR count). The molecule has 0 bridgehead atoms. The van der Waals surface area contributed by atoms with Crippen molar-refractivity contribution in [3.63, 3.8) is 0 Å². The van der Waals surface area contributed by atoms with Gasteiger partial charge in [0.2, 0.25) is 15.3 Å². The standard InChI is InChI=1S/C8H7ClF3N3O2S/c9-6-13-3-5(4-14-6)18(16,17)15-7(1-2-7)8(10,11)12/h3-4,15H,1-2H2. The van der Waals surface area contributed by atoms with Crippen LogP contribution < -0.4 is 4.72 Å². The van der Waals surface area contributed by atoms with E-state index in [9.17, 15) is 21.6 Å².